The highest BCUT2D eigenvalue weighted by molar-refractivity contribution is 8.13. The van der Waals surface area contributed by atoms with E-state index in [9.17, 15) is 4.79 Å². The maximum Gasteiger partial charge on any atom is 0.276 e. The van der Waals surface area contributed by atoms with Crippen LogP contribution in [-0.4, -0.2) is 22.9 Å². The summed E-state index contributed by atoms with van der Waals surface area (Å²) < 4.78 is 11.0. The Kier molecular flexibility index (Phi) is 5.19. The van der Waals surface area contributed by atoms with Crippen LogP contribution in [0.4, 0.5) is 0 Å². The van der Waals surface area contributed by atoms with Gasteiger partial charge in [-0.05, 0) is 24.6 Å². The van der Waals surface area contributed by atoms with Gasteiger partial charge in [-0.25, -0.2) is 5.01 Å². The Labute approximate surface area is 204 Å². The Bertz CT molecular complexity index is 1470. The Morgan fingerprint density at radius 2 is 1.88 bits per heavy atom. The third-order valence-corrected chi connectivity index (χ3v) is 7.04. The second-order valence-electron chi connectivity index (χ2n) is 8.07. The molecule has 0 bridgehead atoms. The van der Waals surface area contributed by atoms with Crippen LogP contribution >= 0.6 is 23.4 Å². The van der Waals surface area contributed by atoms with E-state index in [1.807, 2.05) is 30.3 Å². The molecule has 0 unspecified atom stereocenters. The molecule has 7 nitrogen and oxygen atoms in total. The van der Waals surface area contributed by atoms with Crippen LogP contribution in [-0.2, 0) is 10.5 Å². The first-order valence-electron chi connectivity index (χ1n) is 10.7. The van der Waals surface area contributed by atoms with Crippen molar-refractivity contribution in [3.63, 3.8) is 0 Å². The molecule has 3 aliphatic rings. The van der Waals surface area contributed by atoms with Gasteiger partial charge in [0.1, 0.15) is 5.70 Å². The number of amidine groups is 1. The normalized spacial score (nSPS) is 18.0. The van der Waals surface area contributed by atoms with Gasteiger partial charge in [-0.1, -0.05) is 71.4 Å². The minimum atomic E-state index is -0.632. The molecule has 1 N–H and O–H groups in total. The topological polar surface area (TPSA) is 75.5 Å². The molecule has 0 spiro atoms. The van der Waals surface area contributed by atoms with E-state index in [0.29, 0.717) is 44.1 Å². The largest absolute Gasteiger partial charge is 0.454 e. The predicted octanol–water partition coefficient (Wildman–Crippen LogP) is 3.45. The van der Waals surface area contributed by atoms with E-state index in [0.717, 1.165) is 10.8 Å². The molecule has 0 radical (unpaired) electrons. The van der Waals surface area contributed by atoms with Gasteiger partial charge in [0.05, 0.1) is 10.4 Å². The van der Waals surface area contributed by atoms with Crippen LogP contribution in [0.1, 0.15) is 22.9 Å². The van der Waals surface area contributed by atoms with Gasteiger partial charge in [-0.2, -0.15) is 0 Å². The highest BCUT2D eigenvalue weighted by Gasteiger charge is 2.36. The van der Waals surface area contributed by atoms with Gasteiger partial charge in [-0.3, -0.25) is 15.1 Å². The SMILES string of the molecule is Cc1ccc(CSC2=NN3C(=c4ccccc4=N[C@@H]3c3cc4c(cc3Cl)OCO4)C(=O)N2)cc1. The van der Waals surface area contributed by atoms with Crippen LogP contribution in [0.25, 0.3) is 5.70 Å². The number of aryl methyl sites for hydroxylation is 1. The number of hydrazone groups is 1. The molecule has 0 aliphatic carbocycles. The zero-order valence-electron chi connectivity index (χ0n) is 18.1. The Hall–Kier alpha value is -3.49. The molecule has 3 aliphatic heterocycles. The van der Waals surface area contributed by atoms with Crippen LogP contribution in [0.2, 0.25) is 5.02 Å². The molecule has 0 saturated heterocycles. The van der Waals surface area contributed by atoms with Gasteiger partial charge in [0.15, 0.2) is 22.8 Å². The molecule has 0 saturated carbocycles. The first-order chi connectivity index (χ1) is 16.6. The predicted molar refractivity (Wildman–Crippen MR) is 131 cm³/mol. The van der Waals surface area contributed by atoms with Gasteiger partial charge in [0.2, 0.25) is 6.79 Å². The lowest BCUT2D eigenvalue weighted by molar-refractivity contribution is -0.116. The maximum absolute atomic E-state index is 13.3. The van der Waals surface area contributed by atoms with E-state index in [-0.39, 0.29) is 12.7 Å². The van der Waals surface area contributed by atoms with Crippen LogP contribution in [0.3, 0.4) is 0 Å². The lowest BCUT2D eigenvalue weighted by Crippen LogP contribution is -2.50. The quantitative estimate of drug-likeness (QED) is 0.608. The summed E-state index contributed by atoms with van der Waals surface area (Å²) in [5.41, 5.74) is 3.46. The number of rotatable bonds is 3. The number of nitrogens with one attached hydrogen (secondary N) is 1. The first kappa shape index (κ1) is 21.1. The number of halogens is 1. The van der Waals surface area contributed by atoms with Crippen molar-refractivity contribution in [2.75, 3.05) is 6.79 Å². The molecular weight excluding hydrogens is 472 g/mol. The van der Waals surface area contributed by atoms with Gasteiger partial charge in [0, 0.05) is 22.6 Å². The minimum Gasteiger partial charge on any atom is -0.454 e. The molecule has 0 fully saturated rings. The van der Waals surface area contributed by atoms with Crippen LogP contribution < -0.4 is 25.4 Å². The lowest BCUT2D eigenvalue weighted by Gasteiger charge is -2.34. The Morgan fingerprint density at radius 1 is 1.12 bits per heavy atom. The second kappa shape index (κ2) is 8.38. The third kappa shape index (κ3) is 3.69. The zero-order valence-corrected chi connectivity index (χ0v) is 19.7. The van der Waals surface area contributed by atoms with Crippen molar-refractivity contribution < 1.29 is 14.3 Å². The molecule has 3 aromatic carbocycles. The number of amides is 1. The monoisotopic (exact) mass is 490 g/mol. The summed E-state index contributed by atoms with van der Waals surface area (Å²) in [6, 6.07) is 19.4. The summed E-state index contributed by atoms with van der Waals surface area (Å²) in [6.07, 6.45) is -0.632. The summed E-state index contributed by atoms with van der Waals surface area (Å²) >= 11 is 8.10. The van der Waals surface area contributed by atoms with Gasteiger partial charge >= 0.3 is 0 Å². The maximum atomic E-state index is 13.3. The number of carbonyl (C=O) groups is 1. The van der Waals surface area contributed by atoms with Crippen LogP contribution in [0.5, 0.6) is 11.5 Å². The summed E-state index contributed by atoms with van der Waals surface area (Å²) in [5.74, 6) is 1.62. The number of benzene rings is 3. The highest BCUT2D eigenvalue weighted by Crippen LogP contribution is 2.42. The molecule has 170 valence electrons. The smallest absolute Gasteiger partial charge is 0.276 e. The van der Waals surface area contributed by atoms with Gasteiger partial charge < -0.3 is 9.47 Å². The summed E-state index contributed by atoms with van der Waals surface area (Å²) in [4.78, 5) is 18.2. The van der Waals surface area contributed by atoms with E-state index in [4.69, 9.17) is 31.2 Å². The molecule has 3 aromatic rings. The number of ether oxygens (including phenoxy) is 2. The fraction of sp³-hybridized carbons (Fsp3) is 0.160. The van der Waals surface area contributed by atoms with Crippen molar-refractivity contribution in [3.8, 4) is 11.5 Å². The molecular formula is C25H19ClN4O3S. The van der Waals surface area contributed by atoms with Crippen molar-refractivity contribution in [1.82, 2.24) is 10.3 Å². The van der Waals surface area contributed by atoms with Crippen LogP contribution in [0.15, 0.2) is 70.8 Å². The number of hydrogen-bond donors (Lipinski definition) is 1. The summed E-state index contributed by atoms with van der Waals surface area (Å²) in [5, 5.41) is 11.8. The standard InChI is InChI=1S/C25H19ClN4O3S/c1-14-6-8-15(9-7-14)12-34-25-28-24(31)22-16-4-2-3-5-19(16)27-23(30(22)29-25)17-10-20-21(11-18(17)26)33-13-32-20/h2-11,23H,12-13H2,1H3,(H,28,29,31)/t23-/m0/s1. The molecule has 34 heavy (non-hydrogen) atoms. The van der Waals surface area contributed by atoms with Gasteiger partial charge in [-0.15, -0.1) is 5.10 Å². The first-order valence-corrected chi connectivity index (χ1v) is 12.1. The van der Waals surface area contributed by atoms with Gasteiger partial charge in [0.25, 0.3) is 5.91 Å². The van der Waals surface area contributed by atoms with E-state index in [1.165, 1.54) is 17.3 Å². The van der Waals surface area contributed by atoms with Crippen molar-refractivity contribution in [3.05, 3.63) is 93.0 Å². The number of nitrogens with zero attached hydrogens (tertiary/aromatic N) is 3. The number of para-hydroxylation sites is 1. The summed E-state index contributed by atoms with van der Waals surface area (Å²) in [7, 11) is 0. The summed E-state index contributed by atoms with van der Waals surface area (Å²) in [6.45, 7) is 2.19. The minimum absolute atomic E-state index is 0.140. The Balaban J connectivity index is 1.43. The Morgan fingerprint density at radius 3 is 2.71 bits per heavy atom. The van der Waals surface area contributed by atoms with E-state index >= 15 is 0 Å². The fourth-order valence-corrected chi connectivity index (χ4v) is 5.12. The molecule has 1 amide bonds. The molecule has 3 heterocycles. The van der Waals surface area contributed by atoms with Crippen molar-refractivity contribution in [2.45, 2.75) is 18.8 Å². The van der Waals surface area contributed by atoms with Crippen molar-refractivity contribution in [1.29, 1.82) is 0 Å². The third-order valence-electron chi connectivity index (χ3n) is 5.78. The number of fused-ring (bicyclic) bond motifs is 3. The van der Waals surface area contributed by atoms with Crippen LogP contribution in [0, 0.1) is 6.92 Å². The molecule has 0 aromatic heterocycles. The van der Waals surface area contributed by atoms with Crippen molar-refractivity contribution >= 4 is 40.1 Å². The molecule has 9 heteroatoms. The number of carbonyl (C=O) groups excluding carboxylic acids is 1. The fourth-order valence-electron chi connectivity index (χ4n) is 4.06. The lowest BCUT2D eigenvalue weighted by atomic mass is 10.1. The van der Waals surface area contributed by atoms with E-state index in [1.54, 1.807) is 11.1 Å². The number of hydrogen-bond acceptors (Lipinski definition) is 7. The average Bonchev–Trinajstić information content (AvgIpc) is 3.29. The number of thioether (sulfide) groups is 1. The zero-order chi connectivity index (χ0) is 23.2. The van der Waals surface area contributed by atoms with Crippen molar-refractivity contribution in [2.24, 2.45) is 10.1 Å². The second-order valence-corrected chi connectivity index (χ2v) is 9.44. The average molecular weight is 491 g/mol. The highest BCUT2D eigenvalue weighted by atomic mass is 35.5. The van der Waals surface area contributed by atoms with E-state index in [2.05, 4.69) is 36.5 Å². The van der Waals surface area contributed by atoms with E-state index < -0.39 is 6.17 Å². The molecule has 6 rings (SSSR count). The molecule has 1 atom stereocenters.